The van der Waals surface area contributed by atoms with Gasteiger partial charge in [0, 0.05) is 5.22 Å². The minimum atomic E-state index is -0.957. The maximum Gasteiger partial charge on any atom is 0.346 e. The van der Waals surface area contributed by atoms with Crippen molar-refractivity contribution in [1.29, 1.82) is 5.26 Å². The Morgan fingerprint density at radius 2 is 1.81 bits per heavy atom. The molecule has 3 aromatic rings. The Hall–Kier alpha value is -4.56. The SMILES string of the molecule is CCOC(=O)C1=c2/c(=C/c3ccc(O)c(OC)c3)c(N)c(C#N)n2C(=O)[C@@H](c2ccc(O)c(OC)c2)S1. The van der Waals surface area contributed by atoms with E-state index in [0.717, 1.165) is 16.3 Å². The second kappa shape index (κ2) is 10.2. The van der Waals surface area contributed by atoms with E-state index in [1.807, 2.05) is 6.07 Å². The van der Waals surface area contributed by atoms with Crippen molar-refractivity contribution in [3.63, 3.8) is 0 Å². The smallest absolute Gasteiger partial charge is 0.346 e. The van der Waals surface area contributed by atoms with Crippen molar-refractivity contribution in [3.8, 4) is 29.1 Å². The zero-order valence-electron chi connectivity index (χ0n) is 20.1. The van der Waals surface area contributed by atoms with Crippen molar-refractivity contribution in [3.05, 3.63) is 63.8 Å². The molecular weight excluding hydrogens is 498 g/mol. The topological polar surface area (TPSA) is 157 Å². The van der Waals surface area contributed by atoms with Gasteiger partial charge in [-0.15, -0.1) is 0 Å². The first kappa shape index (κ1) is 25.5. The molecule has 1 aromatic heterocycles. The lowest BCUT2D eigenvalue weighted by atomic mass is 10.1. The van der Waals surface area contributed by atoms with Gasteiger partial charge >= 0.3 is 5.97 Å². The molecule has 0 radical (unpaired) electrons. The van der Waals surface area contributed by atoms with Crippen LogP contribution in [0.2, 0.25) is 0 Å². The summed E-state index contributed by atoms with van der Waals surface area (Å²) in [5, 5.41) is 29.3. The van der Waals surface area contributed by atoms with E-state index in [2.05, 4.69) is 0 Å². The zero-order valence-corrected chi connectivity index (χ0v) is 21.0. The van der Waals surface area contributed by atoms with Crippen LogP contribution in [0.5, 0.6) is 23.0 Å². The van der Waals surface area contributed by atoms with Crippen molar-refractivity contribution in [2.45, 2.75) is 12.2 Å². The van der Waals surface area contributed by atoms with Gasteiger partial charge < -0.3 is 30.2 Å². The Morgan fingerprint density at radius 1 is 1.16 bits per heavy atom. The predicted molar refractivity (Wildman–Crippen MR) is 137 cm³/mol. The maximum absolute atomic E-state index is 13.8. The lowest BCUT2D eigenvalue weighted by Gasteiger charge is -2.23. The number of phenolic OH excluding ortho intramolecular Hbond substituents is 2. The molecule has 0 fully saturated rings. The van der Waals surface area contributed by atoms with Crippen LogP contribution in [0.3, 0.4) is 0 Å². The van der Waals surface area contributed by atoms with E-state index in [9.17, 15) is 25.1 Å². The van der Waals surface area contributed by atoms with Gasteiger partial charge in [0.05, 0.1) is 31.9 Å². The van der Waals surface area contributed by atoms with Crippen LogP contribution in [0.25, 0.3) is 11.0 Å². The van der Waals surface area contributed by atoms with Crippen LogP contribution in [0.1, 0.15) is 33.8 Å². The molecule has 37 heavy (non-hydrogen) atoms. The Kier molecular flexibility index (Phi) is 7.04. The van der Waals surface area contributed by atoms with Gasteiger partial charge in [-0.1, -0.05) is 23.9 Å². The first-order chi connectivity index (χ1) is 17.7. The number of nitrogens with zero attached hydrogens (tertiary/aromatic N) is 2. The normalized spacial score (nSPS) is 15.2. The summed E-state index contributed by atoms with van der Waals surface area (Å²) in [7, 11) is 2.78. The lowest BCUT2D eigenvalue weighted by molar-refractivity contribution is -0.135. The highest BCUT2D eigenvalue weighted by Gasteiger charge is 2.37. The monoisotopic (exact) mass is 521 g/mol. The van der Waals surface area contributed by atoms with E-state index in [0.29, 0.717) is 11.1 Å². The number of ether oxygens (including phenoxy) is 3. The predicted octanol–water partition coefficient (Wildman–Crippen LogP) is 2.00. The van der Waals surface area contributed by atoms with E-state index in [1.165, 1.54) is 38.5 Å². The third-order valence-electron chi connectivity index (χ3n) is 5.73. The van der Waals surface area contributed by atoms with Crippen LogP contribution in [0.4, 0.5) is 5.69 Å². The van der Waals surface area contributed by atoms with Crippen molar-refractivity contribution in [2.75, 3.05) is 26.6 Å². The Bertz CT molecular complexity index is 1590. The van der Waals surface area contributed by atoms with E-state index in [4.69, 9.17) is 19.9 Å². The maximum atomic E-state index is 13.8. The third-order valence-corrected chi connectivity index (χ3v) is 7.04. The second-order valence-corrected chi connectivity index (χ2v) is 8.98. The third kappa shape index (κ3) is 4.43. The van der Waals surface area contributed by atoms with Crippen LogP contribution in [0, 0.1) is 11.3 Å². The number of aromatic hydroxyl groups is 2. The van der Waals surface area contributed by atoms with Crippen molar-refractivity contribution in [2.24, 2.45) is 0 Å². The second-order valence-electron chi connectivity index (χ2n) is 7.86. The van der Waals surface area contributed by atoms with Crippen LogP contribution in [0.15, 0.2) is 36.4 Å². The minimum Gasteiger partial charge on any atom is -0.504 e. The molecule has 1 aliphatic heterocycles. The molecule has 0 bridgehead atoms. The summed E-state index contributed by atoms with van der Waals surface area (Å²) < 4.78 is 16.8. The number of nitrogens with two attached hydrogens (primary N) is 1. The summed E-state index contributed by atoms with van der Waals surface area (Å²) in [5.41, 5.74) is 7.22. The Labute approximate surface area is 215 Å². The molecule has 4 rings (SSSR count). The molecule has 0 amide bonds. The van der Waals surface area contributed by atoms with Crippen LogP contribution in [-0.2, 0) is 9.53 Å². The summed E-state index contributed by atoms with van der Waals surface area (Å²) in [6, 6.07) is 11.0. The lowest BCUT2D eigenvalue weighted by Crippen LogP contribution is -2.42. The first-order valence-electron chi connectivity index (χ1n) is 11.0. The zero-order chi connectivity index (χ0) is 26.9. The number of anilines is 1. The molecule has 10 nitrogen and oxygen atoms in total. The van der Waals surface area contributed by atoms with Crippen molar-refractivity contribution in [1.82, 2.24) is 4.57 Å². The summed E-state index contributed by atoms with van der Waals surface area (Å²) >= 11 is 0.961. The number of nitriles is 1. The number of methoxy groups -OCH3 is 2. The molecule has 4 N–H and O–H groups in total. The fourth-order valence-corrected chi connectivity index (χ4v) is 5.20. The van der Waals surface area contributed by atoms with E-state index in [1.54, 1.807) is 25.1 Å². The number of hydrogen-bond acceptors (Lipinski definition) is 10. The van der Waals surface area contributed by atoms with Crippen molar-refractivity contribution >= 4 is 40.3 Å². The van der Waals surface area contributed by atoms with E-state index in [-0.39, 0.29) is 56.5 Å². The minimum absolute atomic E-state index is 0.00391. The number of nitrogen functional groups attached to an aromatic ring is 1. The molecule has 2 heterocycles. The van der Waals surface area contributed by atoms with Gasteiger partial charge in [-0.2, -0.15) is 5.26 Å². The first-order valence-corrected chi connectivity index (χ1v) is 11.9. The fourth-order valence-electron chi connectivity index (χ4n) is 4.01. The van der Waals surface area contributed by atoms with Crippen LogP contribution in [-0.4, -0.2) is 47.5 Å². The van der Waals surface area contributed by atoms with Gasteiger partial charge in [-0.25, -0.2) is 4.79 Å². The average Bonchev–Trinajstić information content (AvgIpc) is 3.17. The number of hydrogen-bond donors (Lipinski definition) is 3. The van der Waals surface area contributed by atoms with E-state index >= 15 is 0 Å². The average molecular weight is 522 g/mol. The molecule has 190 valence electrons. The van der Waals surface area contributed by atoms with Gasteiger partial charge in [-0.3, -0.25) is 9.36 Å². The number of phenols is 2. The number of fused-ring (bicyclic) bond motifs is 1. The molecule has 2 aromatic carbocycles. The molecule has 0 unspecified atom stereocenters. The molecule has 0 saturated carbocycles. The molecule has 1 aliphatic rings. The molecule has 0 spiro atoms. The molecule has 0 saturated heterocycles. The summed E-state index contributed by atoms with van der Waals surface area (Å²) in [4.78, 5) is 27.0. The van der Waals surface area contributed by atoms with E-state index < -0.39 is 17.1 Å². The van der Waals surface area contributed by atoms with Gasteiger partial charge in [0.25, 0.3) is 0 Å². The Morgan fingerprint density at radius 3 is 2.43 bits per heavy atom. The van der Waals surface area contributed by atoms with Crippen LogP contribution >= 0.6 is 11.8 Å². The molecule has 0 aliphatic carbocycles. The number of benzene rings is 2. The highest BCUT2D eigenvalue weighted by Crippen LogP contribution is 2.42. The number of carbonyl (C=O) groups excluding carboxylic acids is 2. The highest BCUT2D eigenvalue weighted by molar-refractivity contribution is 8.10. The van der Waals surface area contributed by atoms with Gasteiger partial charge in [-0.05, 0) is 48.4 Å². The van der Waals surface area contributed by atoms with Gasteiger partial charge in [0.1, 0.15) is 16.2 Å². The number of thioether (sulfide) groups is 1. The van der Waals surface area contributed by atoms with Crippen molar-refractivity contribution < 1.29 is 34.0 Å². The summed E-state index contributed by atoms with van der Waals surface area (Å²) in [6.45, 7) is 1.74. The fraction of sp³-hybridized carbons (Fsp3) is 0.192. The Balaban J connectivity index is 2.04. The summed E-state index contributed by atoms with van der Waals surface area (Å²) in [6.07, 6.45) is 1.60. The number of aromatic nitrogens is 1. The molecular formula is C26H23N3O7S. The highest BCUT2D eigenvalue weighted by atomic mass is 32.2. The standard InChI is InChI=1S/C26H23N3O7S/c1-4-36-26(33)24-22-15(9-13-5-7-17(30)19(10-13)34-2)21(28)16(12-27)29(22)25(32)23(37-24)14-6-8-18(31)20(11-14)35-3/h5-11,23,30-31H,4,28H2,1-3H3/b15-9+/t23-/m1/s1. The summed E-state index contributed by atoms with van der Waals surface area (Å²) in [5.74, 6) is -1.01. The quantitative estimate of drug-likeness (QED) is 0.410. The number of rotatable bonds is 6. The number of esters is 1. The molecule has 11 heteroatoms. The molecule has 1 atom stereocenters. The number of carbonyl (C=O) groups is 2. The van der Waals surface area contributed by atoms with Crippen LogP contribution < -0.4 is 25.8 Å². The van der Waals surface area contributed by atoms with Gasteiger partial charge in [0.15, 0.2) is 28.7 Å². The van der Waals surface area contributed by atoms with Gasteiger partial charge in [0.2, 0.25) is 5.91 Å². The largest absolute Gasteiger partial charge is 0.504 e.